The van der Waals surface area contributed by atoms with Crippen LogP contribution in [0.25, 0.3) is 0 Å². The van der Waals surface area contributed by atoms with E-state index in [2.05, 4.69) is 5.32 Å². The lowest BCUT2D eigenvalue weighted by atomic mass is 10.2. The van der Waals surface area contributed by atoms with E-state index in [-0.39, 0.29) is 0 Å². The summed E-state index contributed by atoms with van der Waals surface area (Å²) in [6.45, 7) is 4.41. The summed E-state index contributed by atoms with van der Waals surface area (Å²) in [6, 6.07) is 11.3. The second kappa shape index (κ2) is 10.0. The zero-order valence-electron chi connectivity index (χ0n) is 14.8. The van der Waals surface area contributed by atoms with Crippen molar-refractivity contribution in [3.05, 3.63) is 47.0 Å². The summed E-state index contributed by atoms with van der Waals surface area (Å²) in [5, 5.41) is 3.87. The predicted molar refractivity (Wildman–Crippen MR) is 99.4 cm³/mol. The predicted octanol–water partition coefficient (Wildman–Crippen LogP) is 3.92. The van der Waals surface area contributed by atoms with Gasteiger partial charge in [-0.05, 0) is 48.9 Å². The molecule has 0 aliphatic rings. The van der Waals surface area contributed by atoms with E-state index in [0.29, 0.717) is 42.8 Å². The summed E-state index contributed by atoms with van der Waals surface area (Å²) in [5.41, 5.74) is 1.03. The molecule has 2 rings (SSSR count). The van der Waals surface area contributed by atoms with E-state index in [1.807, 2.05) is 43.3 Å². The summed E-state index contributed by atoms with van der Waals surface area (Å²) in [4.78, 5) is 0. The molecular weight excluding hydrogens is 342 g/mol. The number of benzene rings is 2. The second-order valence-electron chi connectivity index (χ2n) is 5.24. The molecule has 0 amide bonds. The molecule has 0 aliphatic carbocycles. The van der Waals surface area contributed by atoms with Crippen molar-refractivity contribution in [2.45, 2.75) is 13.5 Å². The van der Waals surface area contributed by atoms with Crippen molar-refractivity contribution >= 4 is 11.6 Å². The third-order valence-electron chi connectivity index (χ3n) is 3.51. The highest BCUT2D eigenvalue weighted by Gasteiger charge is 2.11. The minimum atomic E-state index is 0.541. The van der Waals surface area contributed by atoms with E-state index in [9.17, 15) is 0 Å². The topological polar surface area (TPSA) is 49.0 Å². The van der Waals surface area contributed by atoms with E-state index >= 15 is 0 Å². The Morgan fingerprint density at radius 2 is 1.68 bits per heavy atom. The maximum absolute atomic E-state index is 6.25. The number of halogens is 1. The van der Waals surface area contributed by atoms with Crippen molar-refractivity contribution < 1.29 is 18.9 Å². The molecule has 136 valence electrons. The van der Waals surface area contributed by atoms with E-state index in [4.69, 9.17) is 30.5 Å². The molecule has 0 heterocycles. The summed E-state index contributed by atoms with van der Waals surface area (Å²) >= 11 is 6.25. The first-order chi connectivity index (χ1) is 12.2. The molecule has 25 heavy (non-hydrogen) atoms. The third-order valence-corrected chi connectivity index (χ3v) is 3.79. The highest BCUT2D eigenvalue weighted by molar-refractivity contribution is 6.32. The highest BCUT2D eigenvalue weighted by atomic mass is 35.5. The Morgan fingerprint density at radius 1 is 0.960 bits per heavy atom. The SMILES string of the molecule is CCOc1cc(CNCCOc2ccc(OC)cc2)cc(Cl)c1OC. The number of nitrogens with one attached hydrogen (secondary N) is 1. The van der Waals surface area contributed by atoms with Gasteiger partial charge in [-0.3, -0.25) is 0 Å². The molecule has 2 aromatic rings. The van der Waals surface area contributed by atoms with Crippen LogP contribution in [0.1, 0.15) is 12.5 Å². The van der Waals surface area contributed by atoms with Crippen molar-refractivity contribution in [2.75, 3.05) is 34.0 Å². The molecule has 0 radical (unpaired) electrons. The van der Waals surface area contributed by atoms with Gasteiger partial charge in [0.2, 0.25) is 0 Å². The number of hydrogen-bond acceptors (Lipinski definition) is 5. The van der Waals surface area contributed by atoms with Crippen molar-refractivity contribution in [1.29, 1.82) is 0 Å². The van der Waals surface area contributed by atoms with Crippen LogP contribution in [-0.4, -0.2) is 34.0 Å². The first kappa shape index (κ1) is 19.2. The van der Waals surface area contributed by atoms with Gasteiger partial charge in [0.25, 0.3) is 0 Å². The van der Waals surface area contributed by atoms with Crippen LogP contribution >= 0.6 is 11.6 Å². The zero-order chi connectivity index (χ0) is 18.1. The molecule has 0 spiro atoms. The monoisotopic (exact) mass is 365 g/mol. The highest BCUT2D eigenvalue weighted by Crippen LogP contribution is 2.36. The minimum Gasteiger partial charge on any atom is -0.497 e. The Balaban J connectivity index is 1.80. The fraction of sp³-hybridized carbons (Fsp3) is 0.368. The van der Waals surface area contributed by atoms with Gasteiger partial charge in [0.1, 0.15) is 18.1 Å². The van der Waals surface area contributed by atoms with Crippen molar-refractivity contribution in [2.24, 2.45) is 0 Å². The largest absolute Gasteiger partial charge is 0.497 e. The quantitative estimate of drug-likeness (QED) is 0.646. The van der Waals surface area contributed by atoms with E-state index in [0.717, 1.165) is 17.1 Å². The van der Waals surface area contributed by atoms with E-state index in [1.54, 1.807) is 14.2 Å². The average Bonchev–Trinajstić information content (AvgIpc) is 2.62. The van der Waals surface area contributed by atoms with Gasteiger partial charge >= 0.3 is 0 Å². The van der Waals surface area contributed by atoms with Gasteiger partial charge in [-0.25, -0.2) is 0 Å². The summed E-state index contributed by atoms with van der Waals surface area (Å²) in [5.74, 6) is 2.85. The molecule has 0 fully saturated rings. The summed E-state index contributed by atoms with van der Waals surface area (Å²) < 4.78 is 21.7. The maximum atomic E-state index is 6.25. The Kier molecular flexibility index (Phi) is 7.70. The molecule has 1 N–H and O–H groups in total. The van der Waals surface area contributed by atoms with E-state index in [1.165, 1.54) is 0 Å². The lowest BCUT2D eigenvalue weighted by molar-refractivity contribution is 0.309. The number of ether oxygens (including phenoxy) is 4. The molecule has 0 saturated heterocycles. The van der Waals surface area contributed by atoms with Crippen LogP contribution in [0.5, 0.6) is 23.0 Å². The molecule has 0 saturated carbocycles. The normalized spacial score (nSPS) is 10.4. The van der Waals surface area contributed by atoms with Crippen LogP contribution in [0.2, 0.25) is 5.02 Å². The van der Waals surface area contributed by atoms with Gasteiger partial charge in [-0.15, -0.1) is 0 Å². The van der Waals surface area contributed by atoms with Crippen LogP contribution in [0, 0.1) is 0 Å². The molecule has 5 nitrogen and oxygen atoms in total. The van der Waals surface area contributed by atoms with Gasteiger partial charge in [0.05, 0.1) is 25.8 Å². The van der Waals surface area contributed by atoms with Gasteiger partial charge in [-0.2, -0.15) is 0 Å². The number of methoxy groups -OCH3 is 2. The van der Waals surface area contributed by atoms with Gasteiger partial charge in [-0.1, -0.05) is 11.6 Å². The fourth-order valence-electron chi connectivity index (χ4n) is 2.33. The molecular formula is C19H24ClNO4. The van der Waals surface area contributed by atoms with Crippen LogP contribution in [0.4, 0.5) is 0 Å². The van der Waals surface area contributed by atoms with Crippen LogP contribution < -0.4 is 24.3 Å². The third kappa shape index (κ3) is 5.73. The summed E-state index contributed by atoms with van der Waals surface area (Å²) in [7, 11) is 3.22. The molecule has 0 bridgehead atoms. The molecule has 0 aromatic heterocycles. The zero-order valence-corrected chi connectivity index (χ0v) is 15.6. The second-order valence-corrected chi connectivity index (χ2v) is 5.65. The fourth-order valence-corrected chi connectivity index (χ4v) is 2.64. The number of rotatable bonds is 10. The van der Waals surface area contributed by atoms with Crippen LogP contribution in [0.3, 0.4) is 0 Å². The Hall–Kier alpha value is -2.11. The molecule has 6 heteroatoms. The maximum Gasteiger partial charge on any atom is 0.179 e. The van der Waals surface area contributed by atoms with E-state index < -0.39 is 0 Å². The van der Waals surface area contributed by atoms with Gasteiger partial charge < -0.3 is 24.3 Å². The summed E-state index contributed by atoms with van der Waals surface area (Å²) in [6.07, 6.45) is 0. The van der Waals surface area contributed by atoms with Gasteiger partial charge in [0.15, 0.2) is 11.5 Å². The first-order valence-electron chi connectivity index (χ1n) is 8.14. The Labute approximate surface area is 153 Å². The first-order valence-corrected chi connectivity index (χ1v) is 8.52. The van der Waals surface area contributed by atoms with Crippen molar-refractivity contribution in [3.8, 4) is 23.0 Å². The lowest BCUT2D eigenvalue weighted by Crippen LogP contribution is -2.20. The van der Waals surface area contributed by atoms with Crippen LogP contribution in [0.15, 0.2) is 36.4 Å². The smallest absolute Gasteiger partial charge is 0.179 e. The lowest BCUT2D eigenvalue weighted by Gasteiger charge is -2.13. The molecule has 2 aromatic carbocycles. The van der Waals surface area contributed by atoms with Crippen molar-refractivity contribution in [1.82, 2.24) is 5.32 Å². The molecule has 0 atom stereocenters. The number of hydrogen-bond donors (Lipinski definition) is 1. The average molecular weight is 366 g/mol. The van der Waals surface area contributed by atoms with Crippen LogP contribution in [-0.2, 0) is 6.54 Å². The Morgan fingerprint density at radius 3 is 2.32 bits per heavy atom. The standard InChI is InChI=1S/C19H24ClNO4/c1-4-24-18-12-14(11-17(20)19(18)23-3)13-21-9-10-25-16-7-5-15(22-2)6-8-16/h5-8,11-12,21H,4,9-10,13H2,1-3H3. The van der Waals surface area contributed by atoms with Gasteiger partial charge in [0, 0.05) is 13.1 Å². The minimum absolute atomic E-state index is 0.541. The Bertz CT molecular complexity index is 661. The molecule has 0 unspecified atom stereocenters. The van der Waals surface area contributed by atoms with Crippen molar-refractivity contribution in [3.63, 3.8) is 0 Å². The molecule has 0 aliphatic heterocycles.